The van der Waals surface area contributed by atoms with Crippen molar-refractivity contribution in [1.29, 1.82) is 0 Å². The average molecular weight is 349 g/mol. The van der Waals surface area contributed by atoms with Gasteiger partial charge in [-0.25, -0.2) is 4.39 Å². The quantitative estimate of drug-likeness (QED) is 0.861. The van der Waals surface area contributed by atoms with Crippen LogP contribution in [0.3, 0.4) is 0 Å². The lowest BCUT2D eigenvalue weighted by molar-refractivity contribution is -0.118. The van der Waals surface area contributed by atoms with Crippen molar-refractivity contribution in [1.82, 2.24) is 0 Å². The van der Waals surface area contributed by atoms with Gasteiger partial charge in [0.1, 0.15) is 11.6 Å². The van der Waals surface area contributed by atoms with Crippen LogP contribution in [-0.4, -0.2) is 12.5 Å². The van der Waals surface area contributed by atoms with Gasteiger partial charge in [-0.3, -0.25) is 4.79 Å². The van der Waals surface area contributed by atoms with E-state index >= 15 is 0 Å². The predicted octanol–water partition coefficient (Wildman–Crippen LogP) is 4.80. The molecule has 1 N–H and O–H groups in total. The normalized spacial score (nSPS) is 10.3. The maximum absolute atomic E-state index is 12.9. The lowest BCUT2D eigenvalue weighted by atomic mass is 10.3. The fourth-order valence-corrected chi connectivity index (χ4v) is 2.26. The van der Waals surface area contributed by atoms with Gasteiger partial charge >= 0.3 is 0 Å². The topological polar surface area (TPSA) is 38.3 Å². The molecule has 2 aromatic carbocycles. The molecule has 0 aromatic heterocycles. The second kappa shape index (κ2) is 6.98. The Morgan fingerprint density at radius 3 is 2.38 bits per heavy atom. The van der Waals surface area contributed by atoms with Gasteiger partial charge in [-0.1, -0.05) is 34.8 Å². The molecule has 2 rings (SSSR count). The van der Waals surface area contributed by atoms with Gasteiger partial charge in [-0.2, -0.15) is 0 Å². The van der Waals surface area contributed by atoms with E-state index in [1.54, 1.807) is 6.07 Å². The summed E-state index contributed by atoms with van der Waals surface area (Å²) >= 11 is 17.4. The molecule has 0 saturated carbocycles. The summed E-state index contributed by atoms with van der Waals surface area (Å²) in [5.74, 6) is -0.560. The summed E-state index contributed by atoms with van der Waals surface area (Å²) in [7, 11) is 0. The molecule has 0 heterocycles. The van der Waals surface area contributed by atoms with Gasteiger partial charge in [-0.15, -0.1) is 0 Å². The highest BCUT2D eigenvalue weighted by Crippen LogP contribution is 2.25. The molecule has 21 heavy (non-hydrogen) atoms. The average Bonchev–Trinajstić information content (AvgIpc) is 2.39. The predicted molar refractivity (Wildman–Crippen MR) is 82.0 cm³/mol. The van der Waals surface area contributed by atoms with Gasteiger partial charge in [0.05, 0.1) is 10.7 Å². The monoisotopic (exact) mass is 347 g/mol. The number of benzene rings is 2. The van der Waals surface area contributed by atoms with Crippen molar-refractivity contribution >= 4 is 46.4 Å². The molecular weight excluding hydrogens is 340 g/mol. The highest BCUT2D eigenvalue weighted by molar-refractivity contribution is 6.35. The first-order valence-corrected chi connectivity index (χ1v) is 6.91. The van der Waals surface area contributed by atoms with Crippen LogP contribution in [0.5, 0.6) is 5.75 Å². The molecular formula is C14H9Cl3FNO2. The molecule has 0 unspecified atom stereocenters. The third-order valence-electron chi connectivity index (χ3n) is 2.41. The van der Waals surface area contributed by atoms with Gasteiger partial charge in [0.25, 0.3) is 5.91 Å². The highest BCUT2D eigenvalue weighted by Gasteiger charge is 2.08. The van der Waals surface area contributed by atoms with Crippen LogP contribution >= 0.6 is 34.8 Å². The fraction of sp³-hybridized carbons (Fsp3) is 0.0714. The third kappa shape index (κ3) is 4.77. The van der Waals surface area contributed by atoms with E-state index in [0.717, 1.165) is 6.07 Å². The number of carbonyl (C=O) groups excluding carboxylic acids is 1. The van der Waals surface area contributed by atoms with Crippen molar-refractivity contribution in [3.8, 4) is 5.75 Å². The number of nitrogens with one attached hydrogen (secondary N) is 1. The minimum Gasteiger partial charge on any atom is -0.484 e. The SMILES string of the molecule is O=C(COc1cc(Cl)cc(Cl)c1)Nc1ccc(F)cc1Cl. The Morgan fingerprint density at radius 1 is 1.10 bits per heavy atom. The van der Waals surface area contributed by atoms with Crippen LogP contribution in [0.1, 0.15) is 0 Å². The lowest BCUT2D eigenvalue weighted by Crippen LogP contribution is -2.20. The third-order valence-corrected chi connectivity index (χ3v) is 3.16. The van der Waals surface area contributed by atoms with Crippen molar-refractivity contribution in [2.24, 2.45) is 0 Å². The molecule has 0 aliphatic carbocycles. The van der Waals surface area contributed by atoms with E-state index in [2.05, 4.69) is 5.32 Å². The highest BCUT2D eigenvalue weighted by atomic mass is 35.5. The zero-order chi connectivity index (χ0) is 15.4. The summed E-state index contributed by atoms with van der Waals surface area (Å²) in [5.41, 5.74) is 0.302. The molecule has 7 heteroatoms. The molecule has 0 fully saturated rings. The zero-order valence-corrected chi connectivity index (χ0v) is 12.8. The molecule has 0 radical (unpaired) electrons. The van der Waals surface area contributed by atoms with E-state index in [9.17, 15) is 9.18 Å². The number of hydrogen-bond donors (Lipinski definition) is 1. The second-order valence-electron chi connectivity index (χ2n) is 4.07. The van der Waals surface area contributed by atoms with Gasteiger partial charge in [0.15, 0.2) is 6.61 Å². The van der Waals surface area contributed by atoms with Gasteiger partial charge < -0.3 is 10.1 Å². The Balaban J connectivity index is 1.95. The summed E-state index contributed by atoms with van der Waals surface area (Å²) in [4.78, 5) is 11.7. The first kappa shape index (κ1) is 15.9. The molecule has 110 valence electrons. The smallest absolute Gasteiger partial charge is 0.262 e. The van der Waals surface area contributed by atoms with Gasteiger partial charge in [0.2, 0.25) is 0 Å². The van der Waals surface area contributed by atoms with Crippen LogP contribution in [0.25, 0.3) is 0 Å². The van der Waals surface area contributed by atoms with Crippen molar-refractivity contribution in [3.05, 3.63) is 57.3 Å². The molecule has 0 aliphatic rings. The van der Waals surface area contributed by atoms with Crippen molar-refractivity contribution in [2.45, 2.75) is 0 Å². The van der Waals surface area contributed by atoms with E-state index in [4.69, 9.17) is 39.5 Å². The van der Waals surface area contributed by atoms with Crippen molar-refractivity contribution in [3.63, 3.8) is 0 Å². The van der Waals surface area contributed by atoms with E-state index in [0.29, 0.717) is 21.5 Å². The minimum atomic E-state index is -0.484. The zero-order valence-electron chi connectivity index (χ0n) is 10.5. The van der Waals surface area contributed by atoms with Crippen LogP contribution in [0.4, 0.5) is 10.1 Å². The first-order valence-electron chi connectivity index (χ1n) is 5.78. The van der Waals surface area contributed by atoms with Crippen LogP contribution in [0.15, 0.2) is 36.4 Å². The fourth-order valence-electron chi connectivity index (χ4n) is 1.54. The maximum Gasteiger partial charge on any atom is 0.262 e. The number of ether oxygens (including phenoxy) is 1. The number of hydrogen-bond acceptors (Lipinski definition) is 2. The summed E-state index contributed by atoms with van der Waals surface area (Å²) in [5, 5.41) is 3.42. The molecule has 0 atom stereocenters. The Hall–Kier alpha value is -1.49. The van der Waals surface area contributed by atoms with Crippen molar-refractivity contribution < 1.29 is 13.9 Å². The Morgan fingerprint density at radius 2 is 1.76 bits per heavy atom. The Bertz CT molecular complexity index is 659. The van der Waals surface area contributed by atoms with Crippen molar-refractivity contribution in [2.75, 3.05) is 11.9 Å². The number of amides is 1. The Labute approximate surface area is 135 Å². The number of anilines is 1. The second-order valence-corrected chi connectivity index (χ2v) is 5.35. The summed E-state index contributed by atoms with van der Waals surface area (Å²) in [6.45, 7) is -0.260. The molecule has 0 aliphatic heterocycles. The minimum absolute atomic E-state index is 0.106. The van der Waals surface area contributed by atoms with E-state index in [1.807, 2.05) is 0 Å². The van der Waals surface area contributed by atoms with E-state index < -0.39 is 11.7 Å². The molecule has 0 bridgehead atoms. The summed E-state index contributed by atoms with van der Waals surface area (Å²) in [6.07, 6.45) is 0. The van der Waals surface area contributed by atoms with Gasteiger partial charge in [-0.05, 0) is 36.4 Å². The largest absolute Gasteiger partial charge is 0.484 e. The summed E-state index contributed by atoms with van der Waals surface area (Å²) < 4.78 is 18.2. The van der Waals surface area contributed by atoms with Gasteiger partial charge in [0, 0.05) is 10.0 Å². The number of rotatable bonds is 4. The van der Waals surface area contributed by atoms with Crippen LogP contribution in [0.2, 0.25) is 15.1 Å². The number of carbonyl (C=O) groups is 1. The molecule has 2 aromatic rings. The standard InChI is InChI=1S/C14H9Cl3FNO2/c15-8-3-9(16)5-11(4-8)21-7-14(20)19-13-2-1-10(18)6-12(13)17/h1-6H,7H2,(H,19,20). The summed E-state index contributed by atoms with van der Waals surface area (Å²) in [6, 6.07) is 8.28. The van der Waals surface area contributed by atoms with Crippen LogP contribution in [-0.2, 0) is 4.79 Å². The molecule has 3 nitrogen and oxygen atoms in total. The van der Waals surface area contributed by atoms with Crippen LogP contribution < -0.4 is 10.1 Å². The molecule has 1 amide bonds. The van der Waals surface area contributed by atoms with Crippen LogP contribution in [0, 0.1) is 5.82 Å². The molecule has 0 spiro atoms. The molecule has 0 saturated heterocycles. The number of halogens is 4. The van der Waals surface area contributed by atoms with E-state index in [1.165, 1.54) is 24.3 Å². The van der Waals surface area contributed by atoms with E-state index in [-0.39, 0.29) is 11.6 Å². The Kier molecular flexibility index (Phi) is 5.28. The first-order chi connectivity index (χ1) is 9.94. The maximum atomic E-state index is 12.9. The lowest BCUT2D eigenvalue weighted by Gasteiger charge is -2.09.